The maximum absolute atomic E-state index is 13.9. The Bertz CT molecular complexity index is 3280. The molecule has 0 aromatic heterocycles. The molecule has 0 unspecified atom stereocenters. The Kier molecular flexibility index (Phi) is 11.4. The van der Waals surface area contributed by atoms with Crippen molar-refractivity contribution in [2.45, 2.75) is 4.90 Å². The van der Waals surface area contributed by atoms with E-state index in [0.29, 0.717) is 16.8 Å². The minimum Gasteiger partial charge on any atom is -0.399 e. The van der Waals surface area contributed by atoms with Crippen LogP contribution in [0, 0.1) is 0 Å². The van der Waals surface area contributed by atoms with Gasteiger partial charge in [-0.3, -0.25) is 34.1 Å². The van der Waals surface area contributed by atoms with Gasteiger partial charge >= 0.3 is 0 Å². The van der Waals surface area contributed by atoms with E-state index in [1.165, 1.54) is 48.5 Å². The molecule has 5 aromatic rings. The molecule has 9 N–H and O–H groups in total. The fourth-order valence-electron chi connectivity index (χ4n) is 6.14. The molecule has 0 atom stereocenters. The van der Waals surface area contributed by atoms with Crippen LogP contribution in [0.4, 0.5) is 34.1 Å². The standard InChI is InChI=1S/C38H26Cl2N8O11S3/c39-22-5-12-27(40)28(17-22)45-46-34-29(60(51,52)53)15-21-16-31(62(57,58)59)36(38(50)32(21)33(34)42)48-44-25-9-3-19(4-10-25)18-1-7-24(8-2-18)43-47-35-30(61(54,55)56)14-20-13-23(41)6-11-26(20)37(35)49/h1-17,43-44H,41-42H2,(H,51,52,53)(H,54,55,56)(H,57,58,59). The summed E-state index contributed by atoms with van der Waals surface area (Å²) in [5.74, 6) is -1.93. The zero-order valence-electron chi connectivity index (χ0n) is 30.8. The van der Waals surface area contributed by atoms with Gasteiger partial charge in [0.25, 0.3) is 30.4 Å². The molecule has 0 aliphatic heterocycles. The van der Waals surface area contributed by atoms with Crippen LogP contribution in [0.3, 0.4) is 0 Å². The fraction of sp³-hybridized carbons (Fsp3) is 0. The average Bonchev–Trinajstić information content (AvgIpc) is 3.19. The maximum atomic E-state index is 13.9. The molecule has 0 heterocycles. The number of rotatable bonds is 10. The first-order valence-corrected chi connectivity index (χ1v) is 22.2. The summed E-state index contributed by atoms with van der Waals surface area (Å²) in [4.78, 5) is 24.3. The molecular formula is C38H26Cl2N8O11S3. The van der Waals surface area contributed by atoms with Gasteiger partial charge in [-0.1, -0.05) is 47.5 Å². The Morgan fingerprint density at radius 2 is 1.11 bits per heavy atom. The molecule has 0 bridgehead atoms. The summed E-state index contributed by atoms with van der Waals surface area (Å²) in [5.41, 5.74) is 16.0. The van der Waals surface area contributed by atoms with Gasteiger partial charge in [0.1, 0.15) is 26.1 Å². The van der Waals surface area contributed by atoms with Gasteiger partial charge in [0.15, 0.2) is 11.4 Å². The van der Waals surface area contributed by atoms with Gasteiger partial charge in [-0.25, -0.2) is 0 Å². The monoisotopic (exact) mass is 936 g/mol. The Balaban J connectivity index is 1.13. The molecule has 0 fully saturated rings. The number of carbonyl (C=O) groups excluding carboxylic acids is 2. The number of nitrogen functional groups attached to an aromatic ring is 2. The number of anilines is 4. The SMILES string of the molecule is Nc1ccc2c(c1)C=C(S(=O)(=O)O)C(=NNc1ccc(-c3ccc(NN=C4C(=O)c5c(cc(S(=O)(=O)O)c(N=Nc6cc(Cl)ccc6Cl)c5N)C=C4S(=O)(=O)O)cc3)cc1)C2=O. The molecule has 2 aliphatic carbocycles. The number of hydrogen-bond acceptors (Lipinski definition) is 16. The third kappa shape index (κ3) is 8.88. The second kappa shape index (κ2) is 16.3. The number of halogens is 2. The Morgan fingerprint density at radius 1 is 0.581 bits per heavy atom. The Labute approximate surface area is 361 Å². The number of hydrogen-bond donors (Lipinski definition) is 7. The summed E-state index contributed by atoms with van der Waals surface area (Å²) in [6, 6.07) is 21.9. The number of ketones is 2. The summed E-state index contributed by atoms with van der Waals surface area (Å²) < 4.78 is 104. The summed E-state index contributed by atoms with van der Waals surface area (Å²) in [6.45, 7) is 0. The van der Waals surface area contributed by atoms with Crippen molar-refractivity contribution in [3.05, 3.63) is 133 Å². The van der Waals surface area contributed by atoms with E-state index in [0.717, 1.165) is 18.2 Å². The highest BCUT2D eigenvalue weighted by molar-refractivity contribution is 7.91. The van der Waals surface area contributed by atoms with E-state index in [1.807, 2.05) is 0 Å². The number of benzene rings is 5. The third-order valence-electron chi connectivity index (χ3n) is 9.05. The fourth-order valence-corrected chi connectivity index (χ4v) is 8.45. The lowest BCUT2D eigenvalue weighted by Gasteiger charge is -2.20. The lowest BCUT2D eigenvalue weighted by molar-refractivity contribution is 0.105. The normalized spacial score (nSPS) is 15.6. The zero-order chi connectivity index (χ0) is 44.9. The summed E-state index contributed by atoms with van der Waals surface area (Å²) in [5, 5.41) is 15.9. The second-order valence-electron chi connectivity index (χ2n) is 13.1. The van der Waals surface area contributed by atoms with Gasteiger partial charge in [0.2, 0.25) is 11.6 Å². The van der Waals surface area contributed by atoms with Crippen molar-refractivity contribution >= 4 is 123 Å². The number of nitrogens with one attached hydrogen (secondary N) is 2. The topological polar surface area (TPSA) is 323 Å². The molecule has 19 nitrogen and oxygen atoms in total. The largest absolute Gasteiger partial charge is 0.399 e. The average molecular weight is 938 g/mol. The molecule has 0 saturated carbocycles. The van der Waals surface area contributed by atoms with Crippen LogP contribution in [-0.4, -0.2) is 61.9 Å². The molecule has 24 heteroatoms. The van der Waals surface area contributed by atoms with Crippen molar-refractivity contribution in [3.63, 3.8) is 0 Å². The quantitative estimate of drug-likeness (QED) is 0.0313. The van der Waals surface area contributed by atoms with Crippen LogP contribution < -0.4 is 22.3 Å². The predicted octanol–water partition coefficient (Wildman–Crippen LogP) is 7.27. The van der Waals surface area contributed by atoms with Crippen molar-refractivity contribution in [3.8, 4) is 11.1 Å². The van der Waals surface area contributed by atoms with Crippen molar-refractivity contribution in [1.82, 2.24) is 0 Å². The number of Topliss-reactive ketones (excluding diaryl/α,β-unsaturated/α-hetero) is 2. The van der Waals surface area contributed by atoms with Crippen LogP contribution in [0.2, 0.25) is 10.0 Å². The van der Waals surface area contributed by atoms with Gasteiger partial charge in [0, 0.05) is 16.3 Å². The highest BCUT2D eigenvalue weighted by Gasteiger charge is 2.37. The van der Waals surface area contributed by atoms with Gasteiger partial charge in [-0.05, 0) is 101 Å². The smallest absolute Gasteiger partial charge is 0.296 e. The Morgan fingerprint density at radius 3 is 1.65 bits per heavy atom. The number of azo groups is 1. The molecule has 0 spiro atoms. The van der Waals surface area contributed by atoms with Crippen LogP contribution in [-0.2, 0) is 30.4 Å². The van der Waals surface area contributed by atoms with Crippen LogP contribution in [0.5, 0.6) is 0 Å². The van der Waals surface area contributed by atoms with Gasteiger partial charge in [-0.2, -0.15) is 35.5 Å². The van der Waals surface area contributed by atoms with Gasteiger partial charge in [-0.15, -0.1) is 10.2 Å². The molecule has 0 radical (unpaired) electrons. The number of nitrogens with two attached hydrogens (primary N) is 2. The lowest BCUT2D eigenvalue weighted by atomic mass is 9.92. The third-order valence-corrected chi connectivity index (χ3v) is 12.2. The van der Waals surface area contributed by atoms with E-state index in [9.17, 15) is 48.5 Å². The number of allylic oxidation sites excluding steroid dienone is 2. The Hall–Kier alpha value is -6.63. The molecule has 0 amide bonds. The number of fused-ring (bicyclic) bond motifs is 2. The molecule has 316 valence electrons. The van der Waals surface area contributed by atoms with Crippen molar-refractivity contribution < 1.29 is 48.5 Å². The number of carbonyl (C=O) groups is 2. The maximum Gasteiger partial charge on any atom is 0.296 e. The van der Waals surface area contributed by atoms with E-state index >= 15 is 0 Å². The summed E-state index contributed by atoms with van der Waals surface area (Å²) >= 11 is 12.1. The molecule has 62 heavy (non-hydrogen) atoms. The minimum absolute atomic E-state index is 0.0289. The minimum atomic E-state index is -5.19. The van der Waals surface area contributed by atoms with E-state index in [2.05, 4.69) is 31.3 Å². The van der Waals surface area contributed by atoms with Crippen molar-refractivity contribution in [2.75, 3.05) is 22.3 Å². The van der Waals surface area contributed by atoms with Gasteiger partial charge in [0.05, 0.1) is 27.6 Å². The first-order chi connectivity index (χ1) is 29.1. The zero-order valence-corrected chi connectivity index (χ0v) is 34.8. The van der Waals surface area contributed by atoms with Crippen LogP contribution in [0.1, 0.15) is 31.8 Å². The van der Waals surface area contributed by atoms with Gasteiger partial charge < -0.3 is 11.5 Å². The van der Waals surface area contributed by atoms with Crippen LogP contribution in [0.15, 0.2) is 126 Å². The van der Waals surface area contributed by atoms with E-state index in [-0.39, 0.29) is 38.2 Å². The van der Waals surface area contributed by atoms with E-state index < -0.39 is 90.6 Å². The second-order valence-corrected chi connectivity index (χ2v) is 18.2. The molecule has 5 aromatic carbocycles. The highest BCUT2D eigenvalue weighted by Crippen LogP contribution is 2.41. The van der Waals surface area contributed by atoms with Crippen molar-refractivity contribution in [2.24, 2.45) is 20.4 Å². The number of hydrazone groups is 2. The summed E-state index contributed by atoms with van der Waals surface area (Å²) in [7, 11) is -15.2. The van der Waals surface area contributed by atoms with Crippen LogP contribution >= 0.6 is 23.2 Å². The predicted molar refractivity (Wildman–Crippen MR) is 234 cm³/mol. The molecule has 2 aliphatic rings. The first kappa shape index (κ1) is 43.5. The molecule has 7 rings (SSSR count). The van der Waals surface area contributed by atoms with Crippen LogP contribution in [0.25, 0.3) is 23.3 Å². The summed E-state index contributed by atoms with van der Waals surface area (Å²) in [6.07, 6.45) is 1.84. The van der Waals surface area contributed by atoms with E-state index in [1.54, 1.807) is 36.4 Å². The number of nitrogens with zero attached hydrogens (tertiary/aromatic N) is 4. The molecule has 0 saturated heterocycles. The lowest BCUT2D eigenvalue weighted by Crippen LogP contribution is -2.28. The van der Waals surface area contributed by atoms with E-state index in [4.69, 9.17) is 34.7 Å². The van der Waals surface area contributed by atoms with Crippen molar-refractivity contribution in [1.29, 1.82) is 0 Å². The highest BCUT2D eigenvalue weighted by atomic mass is 35.5. The first-order valence-electron chi connectivity index (χ1n) is 17.2. The molecular weight excluding hydrogens is 912 g/mol.